The monoisotopic (exact) mass is 128 g/mol. The lowest BCUT2D eigenvalue weighted by Gasteiger charge is -2.05. The zero-order valence-electron chi connectivity index (χ0n) is 4.66. The molecule has 0 saturated carbocycles. The molecule has 0 fully saturated rings. The van der Waals surface area contributed by atoms with E-state index in [1.807, 2.05) is 11.6 Å². The highest BCUT2D eigenvalue weighted by Gasteiger charge is 2.00. The van der Waals surface area contributed by atoms with Gasteiger partial charge in [0.2, 0.25) is 0 Å². The number of rotatable bonds is 0. The third-order valence-corrected chi connectivity index (χ3v) is 1.77. The number of nitrogens with zero attached hydrogens (tertiary/aromatic N) is 1. The molecule has 3 heteroatoms. The molecule has 8 heavy (non-hydrogen) atoms. The smallest absolute Gasteiger partial charge is 0.129 e. The number of thioether (sulfide) groups is 1. The molecule has 1 aliphatic rings. The predicted octanol–water partition coefficient (Wildman–Crippen LogP) is 0.950. The van der Waals surface area contributed by atoms with Gasteiger partial charge in [-0.05, 0) is 6.92 Å². The fraction of sp³-hybridized carbons (Fsp3) is 0.400. The Morgan fingerprint density at radius 1 is 1.88 bits per heavy atom. The molecule has 2 N–H and O–H groups in total. The lowest BCUT2D eigenvalue weighted by molar-refractivity contribution is 1.22. The van der Waals surface area contributed by atoms with Crippen molar-refractivity contribution in [2.75, 3.05) is 0 Å². The summed E-state index contributed by atoms with van der Waals surface area (Å²) in [5.74, 6) is 0.619. The molecule has 1 aliphatic heterocycles. The molecule has 0 radical (unpaired) electrons. The van der Waals surface area contributed by atoms with Crippen LogP contribution in [-0.4, -0.2) is 11.5 Å². The van der Waals surface area contributed by atoms with Crippen molar-refractivity contribution in [3.63, 3.8) is 0 Å². The van der Waals surface area contributed by atoms with Gasteiger partial charge in [0.15, 0.2) is 0 Å². The topological polar surface area (TPSA) is 38.4 Å². The van der Waals surface area contributed by atoms with E-state index in [4.69, 9.17) is 5.73 Å². The summed E-state index contributed by atoms with van der Waals surface area (Å²) in [4.78, 5) is 3.90. The minimum Gasteiger partial charge on any atom is -0.383 e. The molecule has 0 saturated heterocycles. The van der Waals surface area contributed by atoms with E-state index in [0.717, 1.165) is 0 Å². The summed E-state index contributed by atoms with van der Waals surface area (Å²) in [7, 11) is 0. The van der Waals surface area contributed by atoms with Gasteiger partial charge in [0, 0.05) is 16.9 Å². The second-order valence-corrected chi connectivity index (χ2v) is 2.91. The van der Waals surface area contributed by atoms with Crippen LogP contribution in [0, 0.1) is 0 Å². The molecule has 0 spiro atoms. The highest BCUT2D eigenvalue weighted by molar-refractivity contribution is 8.03. The molecule has 0 aliphatic carbocycles. The molecule has 1 atom stereocenters. The van der Waals surface area contributed by atoms with Gasteiger partial charge < -0.3 is 5.73 Å². The van der Waals surface area contributed by atoms with E-state index in [2.05, 4.69) is 11.9 Å². The Labute approximate surface area is 52.9 Å². The maximum absolute atomic E-state index is 5.34. The van der Waals surface area contributed by atoms with Crippen LogP contribution in [0.4, 0.5) is 0 Å². The molecule has 0 bridgehead atoms. The zero-order valence-corrected chi connectivity index (χ0v) is 5.48. The second kappa shape index (κ2) is 2.22. The maximum Gasteiger partial charge on any atom is 0.129 e. The predicted molar refractivity (Wildman–Crippen MR) is 37.8 cm³/mol. The van der Waals surface area contributed by atoms with E-state index in [1.165, 1.54) is 0 Å². The first kappa shape index (κ1) is 5.69. The highest BCUT2D eigenvalue weighted by atomic mass is 32.2. The Hall–Kier alpha value is -0.440. The van der Waals surface area contributed by atoms with Gasteiger partial charge >= 0.3 is 0 Å². The molecule has 0 aromatic rings. The van der Waals surface area contributed by atoms with Crippen molar-refractivity contribution in [2.24, 2.45) is 10.7 Å². The van der Waals surface area contributed by atoms with Gasteiger partial charge in [0.05, 0.1) is 0 Å². The maximum atomic E-state index is 5.34. The van der Waals surface area contributed by atoms with E-state index >= 15 is 0 Å². The minimum absolute atomic E-state index is 0.488. The van der Waals surface area contributed by atoms with Gasteiger partial charge in [0.1, 0.15) is 5.82 Å². The van der Waals surface area contributed by atoms with Gasteiger partial charge in [-0.3, -0.25) is 0 Å². The van der Waals surface area contributed by atoms with Crippen LogP contribution in [0.15, 0.2) is 16.2 Å². The average Bonchev–Trinajstić information content (AvgIpc) is 1.77. The molecule has 0 aromatic heterocycles. The fourth-order valence-corrected chi connectivity index (χ4v) is 0.980. The van der Waals surface area contributed by atoms with Crippen LogP contribution in [0.1, 0.15) is 6.92 Å². The third-order valence-electron chi connectivity index (χ3n) is 0.837. The van der Waals surface area contributed by atoms with Crippen molar-refractivity contribution < 1.29 is 0 Å². The number of nitrogens with two attached hydrogens (primary N) is 1. The first-order valence-corrected chi connectivity index (χ1v) is 3.38. The van der Waals surface area contributed by atoms with Crippen molar-refractivity contribution in [2.45, 2.75) is 12.2 Å². The first-order valence-electron chi connectivity index (χ1n) is 2.44. The second-order valence-electron chi connectivity index (χ2n) is 1.66. The summed E-state index contributed by atoms with van der Waals surface area (Å²) in [6.45, 7) is 2.08. The van der Waals surface area contributed by atoms with Gasteiger partial charge in [-0.1, -0.05) is 0 Å². The fourth-order valence-electron chi connectivity index (χ4n) is 0.434. The molecule has 1 unspecified atom stereocenters. The van der Waals surface area contributed by atoms with Crippen LogP contribution >= 0.6 is 11.8 Å². The number of hydrogen-bond donors (Lipinski definition) is 1. The molecule has 1 heterocycles. The summed E-state index contributed by atoms with van der Waals surface area (Å²) in [6.07, 6.45) is 1.85. The van der Waals surface area contributed by atoms with Gasteiger partial charge in [-0.25, -0.2) is 4.99 Å². The molecule has 44 valence electrons. The standard InChI is InChI=1S/C5H8N2S/c1-4-2-7-5(6)3-8-4/h2-4H,6H2,1H3. The summed E-state index contributed by atoms with van der Waals surface area (Å²) in [6, 6.07) is 0. The van der Waals surface area contributed by atoms with E-state index < -0.39 is 0 Å². The van der Waals surface area contributed by atoms with Crippen molar-refractivity contribution >= 4 is 18.0 Å². The van der Waals surface area contributed by atoms with Crippen molar-refractivity contribution in [3.05, 3.63) is 11.2 Å². The SMILES string of the molecule is CC1C=NC(N)=CS1. The van der Waals surface area contributed by atoms with E-state index in [0.29, 0.717) is 11.1 Å². The summed E-state index contributed by atoms with van der Waals surface area (Å²) in [5, 5.41) is 2.35. The molecular formula is C5H8N2S. The molecule has 1 rings (SSSR count). The summed E-state index contributed by atoms with van der Waals surface area (Å²) < 4.78 is 0. The van der Waals surface area contributed by atoms with E-state index in [1.54, 1.807) is 11.8 Å². The third kappa shape index (κ3) is 1.26. The highest BCUT2D eigenvalue weighted by Crippen LogP contribution is 2.15. The molecule has 0 amide bonds. The van der Waals surface area contributed by atoms with Gasteiger partial charge in [0.25, 0.3) is 0 Å². The molecule has 2 nitrogen and oxygen atoms in total. The lowest BCUT2D eigenvalue weighted by Crippen LogP contribution is -2.04. The van der Waals surface area contributed by atoms with E-state index in [9.17, 15) is 0 Å². The largest absolute Gasteiger partial charge is 0.383 e. The summed E-state index contributed by atoms with van der Waals surface area (Å²) >= 11 is 1.69. The average molecular weight is 128 g/mol. The van der Waals surface area contributed by atoms with Crippen LogP contribution in [0.5, 0.6) is 0 Å². The van der Waals surface area contributed by atoms with Crippen LogP contribution < -0.4 is 5.73 Å². The van der Waals surface area contributed by atoms with Crippen LogP contribution in [0.2, 0.25) is 0 Å². The van der Waals surface area contributed by atoms with Gasteiger partial charge in [-0.15, -0.1) is 11.8 Å². The Kier molecular flexibility index (Phi) is 1.58. The quantitative estimate of drug-likeness (QED) is 0.527. The van der Waals surface area contributed by atoms with Crippen LogP contribution in [0.25, 0.3) is 0 Å². The van der Waals surface area contributed by atoms with Crippen LogP contribution in [-0.2, 0) is 0 Å². The Balaban J connectivity index is 2.58. The van der Waals surface area contributed by atoms with Gasteiger partial charge in [-0.2, -0.15) is 0 Å². The minimum atomic E-state index is 0.488. The Bertz CT molecular complexity index is 139. The first-order chi connectivity index (χ1) is 3.79. The zero-order chi connectivity index (χ0) is 5.98. The molecular weight excluding hydrogens is 120 g/mol. The van der Waals surface area contributed by atoms with Crippen LogP contribution in [0.3, 0.4) is 0 Å². The Morgan fingerprint density at radius 3 is 3.00 bits per heavy atom. The normalized spacial score (nSPS) is 27.6. The van der Waals surface area contributed by atoms with Crippen molar-refractivity contribution in [3.8, 4) is 0 Å². The van der Waals surface area contributed by atoms with Crippen molar-refractivity contribution in [1.29, 1.82) is 0 Å². The van der Waals surface area contributed by atoms with Crippen molar-refractivity contribution in [1.82, 2.24) is 0 Å². The van der Waals surface area contributed by atoms with E-state index in [-0.39, 0.29) is 0 Å². The lowest BCUT2D eigenvalue weighted by atomic mass is 10.5. The Morgan fingerprint density at radius 2 is 2.62 bits per heavy atom. The number of hydrogen-bond acceptors (Lipinski definition) is 3. The number of aliphatic imine (C=N–C) groups is 1. The molecule has 0 aromatic carbocycles. The summed E-state index contributed by atoms with van der Waals surface area (Å²) in [5.41, 5.74) is 5.34.